The van der Waals surface area contributed by atoms with Gasteiger partial charge in [0.05, 0.1) is 6.04 Å². The number of nitrogens with one attached hydrogen (secondary N) is 2. The Kier molecular flexibility index (Phi) is 7.33. The van der Waals surface area contributed by atoms with E-state index in [0.29, 0.717) is 18.5 Å². The standard InChI is InChI=1S/C24H36N4O3/c1-25-23(29)22-16-21(31-20-10-6-3-7-11-20)17-28(22)19-12-14-27(15-13-19)24(30)26-18-8-4-2-5-9-18/h3,6-7,10-11,18-19,21-22H,2,4-5,8-9,12-17H2,1H3,(H,25,29)(H,26,30)/t21-,22-/m0/s1. The molecule has 7 nitrogen and oxygen atoms in total. The van der Waals surface area contributed by atoms with Gasteiger partial charge in [0.15, 0.2) is 0 Å². The van der Waals surface area contributed by atoms with Crippen molar-refractivity contribution in [3.63, 3.8) is 0 Å². The first-order valence-corrected chi connectivity index (χ1v) is 11.9. The number of urea groups is 1. The summed E-state index contributed by atoms with van der Waals surface area (Å²) in [5, 5.41) is 6.05. The van der Waals surface area contributed by atoms with E-state index in [4.69, 9.17) is 4.74 Å². The smallest absolute Gasteiger partial charge is 0.317 e. The molecule has 1 aromatic rings. The predicted molar refractivity (Wildman–Crippen MR) is 120 cm³/mol. The molecule has 31 heavy (non-hydrogen) atoms. The first-order valence-electron chi connectivity index (χ1n) is 11.9. The van der Waals surface area contributed by atoms with Gasteiger partial charge < -0.3 is 20.3 Å². The van der Waals surface area contributed by atoms with Crippen LogP contribution in [0, 0.1) is 0 Å². The molecule has 2 atom stereocenters. The van der Waals surface area contributed by atoms with Gasteiger partial charge in [-0.2, -0.15) is 0 Å². The maximum absolute atomic E-state index is 12.7. The SMILES string of the molecule is CNC(=O)[C@@H]1C[C@H](Oc2ccccc2)CN1C1CCN(C(=O)NC2CCCCC2)CC1. The minimum Gasteiger partial charge on any atom is -0.489 e. The molecule has 2 saturated heterocycles. The van der Waals surface area contributed by atoms with E-state index >= 15 is 0 Å². The lowest BCUT2D eigenvalue weighted by Crippen LogP contribution is -2.54. The second kappa shape index (κ2) is 10.4. The van der Waals surface area contributed by atoms with Crippen molar-refractivity contribution in [3.05, 3.63) is 30.3 Å². The highest BCUT2D eigenvalue weighted by Crippen LogP contribution is 2.29. The fourth-order valence-electron chi connectivity index (χ4n) is 5.34. The highest BCUT2D eigenvalue weighted by Gasteiger charge is 2.42. The van der Waals surface area contributed by atoms with Crippen LogP contribution >= 0.6 is 0 Å². The lowest BCUT2D eigenvalue weighted by Gasteiger charge is -2.39. The van der Waals surface area contributed by atoms with Crippen LogP contribution in [0.5, 0.6) is 5.75 Å². The Labute approximate surface area is 185 Å². The van der Waals surface area contributed by atoms with Gasteiger partial charge in [0.1, 0.15) is 11.9 Å². The Balaban J connectivity index is 1.32. The normalized spacial score (nSPS) is 25.9. The summed E-state index contributed by atoms with van der Waals surface area (Å²) in [5.74, 6) is 0.899. The summed E-state index contributed by atoms with van der Waals surface area (Å²) in [6.07, 6.45) is 8.40. The lowest BCUT2D eigenvalue weighted by atomic mass is 9.95. The molecular formula is C24H36N4O3. The van der Waals surface area contributed by atoms with Gasteiger partial charge in [0.25, 0.3) is 0 Å². The zero-order chi connectivity index (χ0) is 21.6. The fraction of sp³-hybridized carbons (Fsp3) is 0.667. The minimum absolute atomic E-state index is 0.00247. The Bertz CT molecular complexity index is 730. The first kappa shape index (κ1) is 21.9. The minimum atomic E-state index is -0.175. The lowest BCUT2D eigenvalue weighted by molar-refractivity contribution is -0.126. The number of likely N-dealkylation sites (N-methyl/N-ethyl adjacent to an activating group) is 1. The molecular weight excluding hydrogens is 392 g/mol. The van der Waals surface area contributed by atoms with Crippen LogP contribution in [-0.4, -0.2) is 72.6 Å². The summed E-state index contributed by atoms with van der Waals surface area (Å²) in [7, 11) is 1.70. The largest absolute Gasteiger partial charge is 0.489 e. The molecule has 0 spiro atoms. The topological polar surface area (TPSA) is 73.9 Å². The molecule has 3 fully saturated rings. The second-order valence-corrected chi connectivity index (χ2v) is 9.12. The van der Waals surface area contributed by atoms with Crippen LogP contribution < -0.4 is 15.4 Å². The van der Waals surface area contributed by atoms with Crippen molar-refractivity contribution in [1.82, 2.24) is 20.4 Å². The summed E-state index contributed by atoms with van der Waals surface area (Å²) in [5.41, 5.74) is 0. The van der Waals surface area contributed by atoms with E-state index in [9.17, 15) is 9.59 Å². The second-order valence-electron chi connectivity index (χ2n) is 9.12. The number of carbonyl (C=O) groups is 2. The summed E-state index contributed by atoms with van der Waals surface area (Å²) < 4.78 is 6.17. The van der Waals surface area contributed by atoms with Gasteiger partial charge in [-0.05, 0) is 37.8 Å². The van der Waals surface area contributed by atoms with E-state index in [1.54, 1.807) is 7.05 Å². The summed E-state index contributed by atoms with van der Waals surface area (Å²) in [6.45, 7) is 2.22. The van der Waals surface area contributed by atoms with Gasteiger partial charge in [-0.25, -0.2) is 4.79 Å². The van der Waals surface area contributed by atoms with Gasteiger partial charge in [-0.3, -0.25) is 9.69 Å². The highest BCUT2D eigenvalue weighted by atomic mass is 16.5. The van der Waals surface area contributed by atoms with E-state index in [1.807, 2.05) is 35.2 Å². The zero-order valence-corrected chi connectivity index (χ0v) is 18.6. The van der Waals surface area contributed by atoms with Crippen LogP contribution in [0.15, 0.2) is 30.3 Å². The molecule has 0 radical (unpaired) electrons. The molecule has 170 valence electrons. The highest BCUT2D eigenvalue weighted by molar-refractivity contribution is 5.82. The number of para-hydroxylation sites is 1. The van der Waals surface area contributed by atoms with Crippen LogP contribution in [0.25, 0.3) is 0 Å². The van der Waals surface area contributed by atoms with Crippen molar-refractivity contribution in [1.29, 1.82) is 0 Å². The van der Waals surface area contributed by atoms with Crippen molar-refractivity contribution in [3.8, 4) is 5.75 Å². The van der Waals surface area contributed by atoms with E-state index in [2.05, 4.69) is 15.5 Å². The van der Waals surface area contributed by atoms with Gasteiger partial charge in [0.2, 0.25) is 5.91 Å². The Morgan fingerprint density at radius 1 is 1.00 bits per heavy atom. The number of hydrogen-bond donors (Lipinski definition) is 2. The number of rotatable bonds is 5. The number of hydrogen-bond acceptors (Lipinski definition) is 4. The van der Waals surface area contributed by atoms with Gasteiger partial charge in [0, 0.05) is 45.2 Å². The van der Waals surface area contributed by atoms with E-state index in [-0.39, 0.29) is 24.1 Å². The molecule has 3 aliphatic rings. The van der Waals surface area contributed by atoms with Gasteiger partial charge in [-0.15, -0.1) is 0 Å². The van der Waals surface area contributed by atoms with Crippen LogP contribution in [0.3, 0.4) is 0 Å². The van der Waals surface area contributed by atoms with E-state index in [1.165, 1.54) is 19.3 Å². The van der Waals surface area contributed by atoms with Crippen molar-refractivity contribution in [2.24, 2.45) is 0 Å². The quantitative estimate of drug-likeness (QED) is 0.756. The van der Waals surface area contributed by atoms with E-state index < -0.39 is 0 Å². The van der Waals surface area contributed by atoms with Crippen LogP contribution in [0.2, 0.25) is 0 Å². The molecule has 7 heteroatoms. The molecule has 1 saturated carbocycles. The predicted octanol–water partition coefficient (Wildman–Crippen LogP) is 2.76. The summed E-state index contributed by atoms with van der Waals surface area (Å²) >= 11 is 0. The summed E-state index contributed by atoms with van der Waals surface area (Å²) in [6, 6.07) is 10.4. The van der Waals surface area contributed by atoms with Crippen LogP contribution in [-0.2, 0) is 4.79 Å². The average Bonchev–Trinajstić information content (AvgIpc) is 3.23. The fourth-order valence-corrected chi connectivity index (χ4v) is 5.34. The third kappa shape index (κ3) is 5.50. The molecule has 2 N–H and O–H groups in total. The maximum Gasteiger partial charge on any atom is 0.317 e. The van der Waals surface area contributed by atoms with Crippen molar-refractivity contribution < 1.29 is 14.3 Å². The Morgan fingerprint density at radius 2 is 1.71 bits per heavy atom. The molecule has 0 bridgehead atoms. The first-order chi connectivity index (χ1) is 15.1. The Morgan fingerprint density at radius 3 is 2.39 bits per heavy atom. The van der Waals surface area contributed by atoms with Crippen molar-refractivity contribution in [2.45, 2.75) is 75.6 Å². The number of benzene rings is 1. The van der Waals surface area contributed by atoms with Gasteiger partial charge >= 0.3 is 6.03 Å². The third-order valence-corrected chi connectivity index (χ3v) is 7.05. The van der Waals surface area contributed by atoms with Crippen LogP contribution in [0.1, 0.15) is 51.4 Å². The van der Waals surface area contributed by atoms with Crippen molar-refractivity contribution in [2.75, 3.05) is 26.7 Å². The Hall–Kier alpha value is -2.28. The number of ether oxygens (including phenoxy) is 1. The number of likely N-dealkylation sites (tertiary alicyclic amines) is 2. The monoisotopic (exact) mass is 428 g/mol. The molecule has 0 aromatic heterocycles. The molecule has 1 aromatic carbocycles. The molecule has 1 aliphatic carbocycles. The molecule has 0 unspecified atom stereocenters. The van der Waals surface area contributed by atoms with E-state index in [0.717, 1.165) is 51.1 Å². The maximum atomic E-state index is 12.7. The zero-order valence-electron chi connectivity index (χ0n) is 18.6. The summed E-state index contributed by atoms with van der Waals surface area (Å²) in [4.78, 5) is 29.5. The third-order valence-electron chi connectivity index (χ3n) is 7.05. The molecule has 4 rings (SSSR count). The number of carbonyl (C=O) groups excluding carboxylic acids is 2. The van der Waals surface area contributed by atoms with Crippen molar-refractivity contribution >= 4 is 11.9 Å². The number of piperidine rings is 1. The van der Waals surface area contributed by atoms with Crippen LogP contribution in [0.4, 0.5) is 4.79 Å². The molecule has 2 aliphatic heterocycles. The number of nitrogens with zero attached hydrogens (tertiary/aromatic N) is 2. The molecule has 3 amide bonds. The molecule has 2 heterocycles. The number of amides is 3. The average molecular weight is 429 g/mol. The van der Waals surface area contributed by atoms with Gasteiger partial charge in [-0.1, -0.05) is 37.5 Å².